The van der Waals surface area contributed by atoms with Crippen molar-refractivity contribution in [1.82, 2.24) is 10.3 Å². The topological polar surface area (TPSA) is 43.4 Å². The zero-order valence-electron chi connectivity index (χ0n) is 10.0. The Kier molecular flexibility index (Phi) is 6.53. The average molecular weight is 224 g/mol. The van der Waals surface area contributed by atoms with Crippen molar-refractivity contribution < 1.29 is 9.47 Å². The van der Waals surface area contributed by atoms with Crippen LogP contribution in [0.25, 0.3) is 0 Å². The smallest absolute Gasteiger partial charge is 0.213 e. The summed E-state index contributed by atoms with van der Waals surface area (Å²) in [6.45, 7) is 5.16. The van der Waals surface area contributed by atoms with Crippen LogP contribution in [0, 0.1) is 0 Å². The first-order chi connectivity index (χ1) is 7.86. The first-order valence-electron chi connectivity index (χ1n) is 5.64. The van der Waals surface area contributed by atoms with Crippen molar-refractivity contribution in [2.24, 2.45) is 0 Å². The summed E-state index contributed by atoms with van der Waals surface area (Å²) in [5, 5.41) is 3.34. The number of rotatable bonds is 8. The van der Waals surface area contributed by atoms with Gasteiger partial charge in [0, 0.05) is 25.9 Å². The average Bonchev–Trinajstić information content (AvgIpc) is 2.30. The molecule has 1 heterocycles. The lowest BCUT2D eigenvalue weighted by atomic mass is 10.2. The third-order valence-electron chi connectivity index (χ3n) is 2.09. The van der Waals surface area contributed by atoms with Crippen molar-refractivity contribution in [3.05, 3.63) is 23.9 Å². The number of methoxy groups -OCH3 is 1. The molecule has 0 aliphatic heterocycles. The molecule has 1 N–H and O–H groups in total. The standard InChI is InChI=1S/C12H20N2O2/c1-3-5-13-10-11-4-6-14-12(9-11)16-8-7-15-2/h4,6,9,13H,3,5,7-8,10H2,1-2H3. The van der Waals surface area contributed by atoms with E-state index in [1.54, 1.807) is 13.3 Å². The Morgan fingerprint density at radius 1 is 1.38 bits per heavy atom. The van der Waals surface area contributed by atoms with Crippen molar-refractivity contribution in [1.29, 1.82) is 0 Å². The molecule has 90 valence electrons. The highest BCUT2D eigenvalue weighted by atomic mass is 16.5. The van der Waals surface area contributed by atoms with Crippen LogP contribution in [-0.4, -0.2) is 31.9 Å². The highest BCUT2D eigenvalue weighted by molar-refractivity contribution is 5.20. The maximum absolute atomic E-state index is 5.43. The van der Waals surface area contributed by atoms with Gasteiger partial charge in [-0.3, -0.25) is 0 Å². The Morgan fingerprint density at radius 3 is 3.00 bits per heavy atom. The maximum atomic E-state index is 5.43. The minimum absolute atomic E-state index is 0.537. The van der Waals surface area contributed by atoms with Crippen LogP contribution in [0.1, 0.15) is 18.9 Å². The van der Waals surface area contributed by atoms with E-state index < -0.39 is 0 Å². The van der Waals surface area contributed by atoms with Gasteiger partial charge in [-0.2, -0.15) is 0 Å². The predicted octanol–water partition coefficient (Wildman–Crippen LogP) is 1.61. The Hall–Kier alpha value is -1.13. The second-order valence-corrected chi connectivity index (χ2v) is 3.52. The summed E-state index contributed by atoms with van der Waals surface area (Å²) in [6, 6.07) is 3.95. The molecule has 0 aromatic carbocycles. The molecule has 0 amide bonds. The fourth-order valence-corrected chi connectivity index (χ4v) is 1.28. The van der Waals surface area contributed by atoms with E-state index >= 15 is 0 Å². The zero-order chi connectivity index (χ0) is 11.6. The molecule has 0 bridgehead atoms. The maximum Gasteiger partial charge on any atom is 0.213 e. The van der Waals surface area contributed by atoms with Crippen LogP contribution in [0.4, 0.5) is 0 Å². The second-order valence-electron chi connectivity index (χ2n) is 3.52. The molecule has 1 aromatic heterocycles. The third-order valence-corrected chi connectivity index (χ3v) is 2.09. The van der Waals surface area contributed by atoms with E-state index in [4.69, 9.17) is 9.47 Å². The van der Waals surface area contributed by atoms with E-state index in [9.17, 15) is 0 Å². The van der Waals surface area contributed by atoms with Gasteiger partial charge in [-0.15, -0.1) is 0 Å². The molecule has 1 aromatic rings. The van der Waals surface area contributed by atoms with E-state index in [-0.39, 0.29) is 0 Å². The Bertz CT molecular complexity index is 267. The first-order valence-corrected chi connectivity index (χ1v) is 5.64. The third kappa shape index (κ3) is 5.09. The van der Waals surface area contributed by atoms with Crippen molar-refractivity contribution in [2.45, 2.75) is 19.9 Å². The number of nitrogens with zero attached hydrogens (tertiary/aromatic N) is 1. The van der Waals surface area contributed by atoms with Gasteiger partial charge in [0.05, 0.1) is 6.61 Å². The van der Waals surface area contributed by atoms with E-state index in [0.29, 0.717) is 19.1 Å². The molecule has 0 saturated heterocycles. The van der Waals surface area contributed by atoms with Crippen LogP contribution in [0.5, 0.6) is 5.88 Å². The summed E-state index contributed by atoms with van der Waals surface area (Å²) in [5.74, 6) is 0.660. The summed E-state index contributed by atoms with van der Waals surface area (Å²) in [7, 11) is 1.65. The molecule has 0 aliphatic rings. The lowest BCUT2D eigenvalue weighted by Crippen LogP contribution is -2.14. The number of ether oxygens (including phenoxy) is 2. The van der Waals surface area contributed by atoms with Gasteiger partial charge in [-0.1, -0.05) is 6.92 Å². The predicted molar refractivity (Wildman–Crippen MR) is 63.6 cm³/mol. The van der Waals surface area contributed by atoms with E-state index in [1.165, 1.54) is 5.56 Å². The summed E-state index contributed by atoms with van der Waals surface area (Å²) < 4.78 is 10.3. The highest BCUT2D eigenvalue weighted by Crippen LogP contribution is 2.08. The molecule has 0 saturated carbocycles. The van der Waals surface area contributed by atoms with Crippen LogP contribution < -0.4 is 10.1 Å². The van der Waals surface area contributed by atoms with Crippen molar-refractivity contribution in [3.63, 3.8) is 0 Å². The molecule has 0 fully saturated rings. The lowest BCUT2D eigenvalue weighted by Gasteiger charge is -2.07. The number of nitrogens with one attached hydrogen (secondary N) is 1. The van der Waals surface area contributed by atoms with Gasteiger partial charge >= 0.3 is 0 Å². The molecular weight excluding hydrogens is 204 g/mol. The van der Waals surface area contributed by atoms with Crippen molar-refractivity contribution in [3.8, 4) is 5.88 Å². The highest BCUT2D eigenvalue weighted by Gasteiger charge is 1.97. The van der Waals surface area contributed by atoms with Crippen LogP contribution in [-0.2, 0) is 11.3 Å². The first kappa shape index (κ1) is 12.9. The summed E-state index contributed by atoms with van der Waals surface area (Å²) in [4.78, 5) is 4.13. The Morgan fingerprint density at radius 2 is 2.25 bits per heavy atom. The van der Waals surface area contributed by atoms with Gasteiger partial charge in [0.15, 0.2) is 0 Å². The fourth-order valence-electron chi connectivity index (χ4n) is 1.28. The van der Waals surface area contributed by atoms with Crippen LogP contribution in [0.2, 0.25) is 0 Å². The van der Waals surface area contributed by atoms with Crippen LogP contribution in [0.15, 0.2) is 18.3 Å². The van der Waals surface area contributed by atoms with Crippen molar-refractivity contribution in [2.75, 3.05) is 26.9 Å². The number of pyridine rings is 1. The number of aromatic nitrogens is 1. The largest absolute Gasteiger partial charge is 0.475 e. The molecule has 0 spiro atoms. The van der Waals surface area contributed by atoms with Gasteiger partial charge in [0.2, 0.25) is 5.88 Å². The fraction of sp³-hybridized carbons (Fsp3) is 0.583. The molecule has 0 atom stereocenters. The van der Waals surface area contributed by atoms with Gasteiger partial charge < -0.3 is 14.8 Å². The quantitative estimate of drug-likeness (QED) is 0.681. The Balaban J connectivity index is 2.37. The van der Waals surface area contributed by atoms with Gasteiger partial charge in [-0.05, 0) is 24.6 Å². The monoisotopic (exact) mass is 224 g/mol. The zero-order valence-corrected chi connectivity index (χ0v) is 10.0. The molecular formula is C12H20N2O2. The molecule has 4 nitrogen and oxygen atoms in total. The molecule has 4 heteroatoms. The number of hydrogen-bond acceptors (Lipinski definition) is 4. The summed E-state index contributed by atoms with van der Waals surface area (Å²) in [5.41, 5.74) is 1.19. The molecule has 0 aliphatic carbocycles. The van der Waals surface area contributed by atoms with Gasteiger partial charge in [0.1, 0.15) is 6.61 Å². The van der Waals surface area contributed by atoms with E-state index in [1.807, 2.05) is 12.1 Å². The van der Waals surface area contributed by atoms with Crippen molar-refractivity contribution >= 4 is 0 Å². The second kappa shape index (κ2) is 8.07. The van der Waals surface area contributed by atoms with Gasteiger partial charge in [0.25, 0.3) is 0 Å². The van der Waals surface area contributed by atoms with E-state index in [2.05, 4.69) is 17.2 Å². The molecule has 16 heavy (non-hydrogen) atoms. The molecule has 1 rings (SSSR count). The van der Waals surface area contributed by atoms with Crippen LogP contribution >= 0.6 is 0 Å². The minimum Gasteiger partial charge on any atom is -0.475 e. The van der Waals surface area contributed by atoms with Gasteiger partial charge in [-0.25, -0.2) is 4.98 Å². The normalized spacial score (nSPS) is 10.4. The summed E-state index contributed by atoms with van der Waals surface area (Å²) >= 11 is 0. The summed E-state index contributed by atoms with van der Waals surface area (Å²) in [6.07, 6.45) is 2.91. The van der Waals surface area contributed by atoms with Crippen LogP contribution in [0.3, 0.4) is 0 Å². The molecule has 0 radical (unpaired) electrons. The lowest BCUT2D eigenvalue weighted by molar-refractivity contribution is 0.143. The Labute approximate surface area is 97.0 Å². The van der Waals surface area contributed by atoms with E-state index in [0.717, 1.165) is 19.5 Å². The SMILES string of the molecule is CCCNCc1ccnc(OCCOC)c1. The number of hydrogen-bond donors (Lipinski definition) is 1. The molecule has 0 unspecified atom stereocenters. The minimum atomic E-state index is 0.537.